The van der Waals surface area contributed by atoms with E-state index in [4.69, 9.17) is 21.1 Å². The lowest BCUT2D eigenvalue weighted by Crippen LogP contribution is -2.01. The summed E-state index contributed by atoms with van der Waals surface area (Å²) in [5, 5.41) is 0.558. The molecule has 2 rings (SSSR count). The number of hydrogen-bond donors (Lipinski definition) is 0. The first-order chi connectivity index (χ1) is 8.19. The Kier molecular flexibility index (Phi) is 3.57. The molecule has 4 heteroatoms. The maximum atomic E-state index is 10.6. The third kappa shape index (κ3) is 2.12. The first-order valence-electron chi connectivity index (χ1n) is 5.73. The van der Waals surface area contributed by atoms with E-state index in [1.807, 2.05) is 13.0 Å². The number of hydrogen-bond acceptors (Lipinski definition) is 3. The molecule has 0 bridgehead atoms. The number of aldehydes is 1. The smallest absolute Gasteiger partial charge is 0.231 e. The molecule has 17 heavy (non-hydrogen) atoms. The normalized spacial score (nSPS) is 14.8. The van der Waals surface area contributed by atoms with E-state index in [1.165, 1.54) is 0 Å². The Morgan fingerprint density at radius 1 is 1.47 bits per heavy atom. The highest BCUT2D eigenvalue weighted by atomic mass is 35.5. The summed E-state index contributed by atoms with van der Waals surface area (Å²) >= 11 is 6.15. The lowest BCUT2D eigenvalue weighted by atomic mass is 9.91. The van der Waals surface area contributed by atoms with Gasteiger partial charge in [0.05, 0.1) is 5.02 Å². The van der Waals surface area contributed by atoms with Crippen molar-refractivity contribution in [2.24, 2.45) is 0 Å². The summed E-state index contributed by atoms with van der Waals surface area (Å²) in [6, 6.07) is 1.89. The van der Waals surface area contributed by atoms with Crippen molar-refractivity contribution in [3.8, 4) is 11.5 Å². The van der Waals surface area contributed by atoms with E-state index < -0.39 is 0 Å². The van der Waals surface area contributed by atoms with Crippen LogP contribution in [0.25, 0.3) is 0 Å². The van der Waals surface area contributed by atoms with E-state index >= 15 is 0 Å². The molecule has 0 spiro atoms. The van der Waals surface area contributed by atoms with Gasteiger partial charge < -0.3 is 14.3 Å². The number of benzene rings is 1. The average Bonchev–Trinajstić information content (AvgIpc) is 2.78. The summed E-state index contributed by atoms with van der Waals surface area (Å²) < 4.78 is 10.8. The van der Waals surface area contributed by atoms with Gasteiger partial charge in [0.2, 0.25) is 6.79 Å². The molecule has 1 unspecified atom stereocenters. The van der Waals surface area contributed by atoms with E-state index in [0.29, 0.717) is 17.2 Å². The first-order valence-corrected chi connectivity index (χ1v) is 6.11. The number of rotatable bonds is 4. The van der Waals surface area contributed by atoms with Crippen molar-refractivity contribution in [3.63, 3.8) is 0 Å². The number of carbonyl (C=O) groups is 1. The van der Waals surface area contributed by atoms with Crippen LogP contribution in [0, 0.1) is 0 Å². The number of carbonyl (C=O) groups excluding carboxylic acids is 1. The molecular weight excluding hydrogens is 240 g/mol. The van der Waals surface area contributed by atoms with Gasteiger partial charge in [-0.15, -0.1) is 0 Å². The summed E-state index contributed by atoms with van der Waals surface area (Å²) in [7, 11) is 0. The Balaban J connectivity index is 2.52. The molecule has 1 aromatic rings. The largest absolute Gasteiger partial charge is 0.453 e. The van der Waals surface area contributed by atoms with Crippen LogP contribution in [0.3, 0.4) is 0 Å². The molecule has 1 aromatic carbocycles. The Bertz CT molecular complexity index is 443. The minimum Gasteiger partial charge on any atom is -0.453 e. The Labute approximate surface area is 106 Å². The van der Waals surface area contributed by atoms with Crippen LogP contribution < -0.4 is 9.47 Å². The molecule has 0 N–H and O–H groups in total. The fourth-order valence-corrected chi connectivity index (χ4v) is 2.43. The van der Waals surface area contributed by atoms with E-state index in [1.54, 1.807) is 0 Å². The molecule has 0 fully saturated rings. The van der Waals surface area contributed by atoms with Crippen LogP contribution in [0.4, 0.5) is 0 Å². The average molecular weight is 255 g/mol. The van der Waals surface area contributed by atoms with Gasteiger partial charge in [0.25, 0.3) is 0 Å². The van der Waals surface area contributed by atoms with E-state index in [2.05, 4.69) is 6.92 Å². The third-order valence-corrected chi connectivity index (χ3v) is 3.35. The van der Waals surface area contributed by atoms with Gasteiger partial charge in [-0.25, -0.2) is 0 Å². The third-order valence-electron chi connectivity index (χ3n) is 3.07. The number of fused-ring (bicyclic) bond motifs is 1. The van der Waals surface area contributed by atoms with Gasteiger partial charge in [-0.2, -0.15) is 0 Å². The molecule has 0 saturated heterocycles. The molecule has 0 saturated carbocycles. The van der Waals surface area contributed by atoms with Crippen LogP contribution >= 0.6 is 11.6 Å². The zero-order valence-corrected chi connectivity index (χ0v) is 10.7. The van der Waals surface area contributed by atoms with Crippen LogP contribution in [-0.4, -0.2) is 13.1 Å². The summed E-state index contributed by atoms with van der Waals surface area (Å²) in [4.78, 5) is 10.6. The standard InChI is InChI=1S/C13H15ClO3/c1-3-9-10(8(2)4-5-15)6-11(14)13-12(9)16-7-17-13/h5-6,8H,3-4,7H2,1-2H3. The quantitative estimate of drug-likeness (QED) is 0.774. The van der Waals surface area contributed by atoms with Gasteiger partial charge in [0.15, 0.2) is 11.5 Å². The second-order valence-electron chi connectivity index (χ2n) is 4.15. The van der Waals surface area contributed by atoms with Crippen LogP contribution in [0.1, 0.15) is 37.3 Å². The van der Waals surface area contributed by atoms with E-state index in [-0.39, 0.29) is 12.7 Å². The van der Waals surface area contributed by atoms with Gasteiger partial charge in [-0.1, -0.05) is 25.4 Å². The monoisotopic (exact) mass is 254 g/mol. The van der Waals surface area contributed by atoms with Gasteiger partial charge in [-0.05, 0) is 24.0 Å². The summed E-state index contributed by atoms with van der Waals surface area (Å²) in [5.41, 5.74) is 2.17. The maximum absolute atomic E-state index is 10.6. The second-order valence-corrected chi connectivity index (χ2v) is 4.56. The van der Waals surface area contributed by atoms with Crippen LogP contribution in [-0.2, 0) is 11.2 Å². The lowest BCUT2D eigenvalue weighted by molar-refractivity contribution is -0.108. The molecule has 0 aliphatic carbocycles. The zero-order valence-electron chi connectivity index (χ0n) is 9.96. The summed E-state index contributed by atoms with van der Waals surface area (Å²) in [6.07, 6.45) is 2.26. The van der Waals surface area contributed by atoms with Crippen molar-refractivity contribution in [1.29, 1.82) is 0 Å². The van der Waals surface area contributed by atoms with Crippen LogP contribution in [0.15, 0.2) is 6.07 Å². The number of halogens is 1. The van der Waals surface area contributed by atoms with Crippen molar-refractivity contribution in [1.82, 2.24) is 0 Å². The molecular formula is C13H15ClO3. The predicted molar refractivity (Wildman–Crippen MR) is 66.0 cm³/mol. The van der Waals surface area contributed by atoms with Crippen LogP contribution in [0.2, 0.25) is 5.02 Å². The van der Waals surface area contributed by atoms with Crippen molar-refractivity contribution >= 4 is 17.9 Å². The molecule has 0 amide bonds. The summed E-state index contributed by atoms with van der Waals surface area (Å²) in [6.45, 7) is 4.29. The van der Waals surface area contributed by atoms with Gasteiger partial charge in [-0.3, -0.25) is 0 Å². The topological polar surface area (TPSA) is 35.5 Å². The Morgan fingerprint density at radius 2 is 2.18 bits per heavy atom. The van der Waals surface area contributed by atoms with Gasteiger partial charge in [0, 0.05) is 12.0 Å². The molecule has 0 aromatic heterocycles. The second kappa shape index (κ2) is 4.96. The molecule has 1 atom stereocenters. The highest BCUT2D eigenvalue weighted by molar-refractivity contribution is 6.32. The molecule has 0 radical (unpaired) electrons. The maximum Gasteiger partial charge on any atom is 0.231 e. The van der Waals surface area contributed by atoms with Crippen LogP contribution in [0.5, 0.6) is 11.5 Å². The molecule has 92 valence electrons. The molecule has 3 nitrogen and oxygen atoms in total. The van der Waals surface area contributed by atoms with Crippen molar-refractivity contribution in [2.45, 2.75) is 32.6 Å². The molecule has 1 aliphatic rings. The lowest BCUT2D eigenvalue weighted by Gasteiger charge is -2.16. The van der Waals surface area contributed by atoms with Crippen molar-refractivity contribution in [2.75, 3.05) is 6.79 Å². The fraction of sp³-hybridized carbons (Fsp3) is 0.462. The molecule has 1 heterocycles. The minimum atomic E-state index is 0.148. The van der Waals surface area contributed by atoms with E-state index in [9.17, 15) is 4.79 Å². The summed E-state index contributed by atoms with van der Waals surface area (Å²) in [5.74, 6) is 1.52. The van der Waals surface area contributed by atoms with E-state index in [0.717, 1.165) is 29.6 Å². The highest BCUT2D eigenvalue weighted by Crippen LogP contribution is 2.45. The molecule has 1 aliphatic heterocycles. The van der Waals surface area contributed by atoms with Gasteiger partial charge >= 0.3 is 0 Å². The minimum absolute atomic E-state index is 0.148. The SMILES string of the molecule is CCc1c(C(C)CC=O)cc(Cl)c2c1OCO2. The predicted octanol–water partition coefficient (Wildman–Crippen LogP) is 3.32. The number of ether oxygens (including phenoxy) is 2. The van der Waals surface area contributed by atoms with Gasteiger partial charge in [0.1, 0.15) is 6.29 Å². The van der Waals surface area contributed by atoms with Crippen molar-refractivity contribution < 1.29 is 14.3 Å². The highest BCUT2D eigenvalue weighted by Gasteiger charge is 2.25. The zero-order chi connectivity index (χ0) is 12.4. The first kappa shape index (κ1) is 12.2. The Morgan fingerprint density at radius 3 is 2.82 bits per heavy atom. The Hall–Kier alpha value is -1.22. The fourth-order valence-electron chi connectivity index (χ4n) is 2.18. The van der Waals surface area contributed by atoms with Crippen molar-refractivity contribution in [3.05, 3.63) is 22.2 Å².